The van der Waals surface area contributed by atoms with Gasteiger partial charge in [0, 0.05) is 18.2 Å². The lowest BCUT2D eigenvalue weighted by molar-refractivity contribution is -0.133. The number of hydrogen-bond acceptors (Lipinski definition) is 5. The first-order valence-electron chi connectivity index (χ1n) is 7.07. The zero-order valence-electron chi connectivity index (χ0n) is 13.3. The van der Waals surface area contributed by atoms with E-state index in [0.717, 1.165) is 12.1 Å². The Morgan fingerprint density at radius 3 is 2.62 bits per heavy atom. The first-order chi connectivity index (χ1) is 11.5. The number of phenols is 1. The second-order valence-corrected chi connectivity index (χ2v) is 4.85. The van der Waals surface area contributed by atoms with E-state index >= 15 is 0 Å². The van der Waals surface area contributed by atoms with Gasteiger partial charge in [-0.1, -0.05) is 24.3 Å². The molecule has 2 rings (SSSR count). The van der Waals surface area contributed by atoms with Crippen LogP contribution in [0.5, 0.6) is 11.5 Å². The van der Waals surface area contributed by atoms with E-state index in [1.165, 1.54) is 26.5 Å². The lowest BCUT2D eigenvalue weighted by Crippen LogP contribution is -2.08. The van der Waals surface area contributed by atoms with E-state index in [0.29, 0.717) is 11.1 Å². The average molecular weight is 332 g/mol. The SMILES string of the molecule is CO/C=C(\C(=O)OC)c1ccccc1COc1cc(O)cc(F)c1. The molecule has 0 radical (unpaired) electrons. The number of methoxy groups -OCH3 is 2. The average Bonchev–Trinajstić information content (AvgIpc) is 2.57. The standard InChI is InChI=1S/C18H17FO5/c1-22-11-17(18(21)23-2)16-6-4-3-5-12(16)10-24-15-8-13(19)7-14(20)9-15/h3-9,11,20H,10H2,1-2H3/b17-11-. The molecule has 0 aliphatic carbocycles. The van der Waals surface area contributed by atoms with Crippen molar-refractivity contribution in [2.45, 2.75) is 6.61 Å². The molecule has 1 N–H and O–H groups in total. The summed E-state index contributed by atoms with van der Waals surface area (Å²) in [4.78, 5) is 11.9. The molecule has 6 heteroatoms. The minimum atomic E-state index is -0.604. The van der Waals surface area contributed by atoms with E-state index < -0.39 is 11.8 Å². The van der Waals surface area contributed by atoms with Gasteiger partial charge >= 0.3 is 5.97 Å². The van der Waals surface area contributed by atoms with Crippen molar-refractivity contribution in [3.05, 3.63) is 65.7 Å². The van der Waals surface area contributed by atoms with Crippen molar-refractivity contribution in [1.29, 1.82) is 0 Å². The smallest absolute Gasteiger partial charge is 0.341 e. The number of carbonyl (C=O) groups excluding carboxylic acids is 1. The maximum atomic E-state index is 13.3. The molecule has 24 heavy (non-hydrogen) atoms. The Balaban J connectivity index is 2.28. The molecular formula is C18H17FO5. The number of halogens is 1. The number of carbonyl (C=O) groups is 1. The Morgan fingerprint density at radius 1 is 1.21 bits per heavy atom. The molecule has 0 amide bonds. The molecule has 0 heterocycles. The second-order valence-electron chi connectivity index (χ2n) is 4.85. The van der Waals surface area contributed by atoms with Crippen LogP contribution in [0.4, 0.5) is 4.39 Å². The Hall–Kier alpha value is -3.02. The molecule has 2 aromatic carbocycles. The summed E-state index contributed by atoms with van der Waals surface area (Å²) in [6.07, 6.45) is 1.29. The van der Waals surface area contributed by atoms with Gasteiger partial charge in [0.25, 0.3) is 0 Å². The molecule has 0 fully saturated rings. The number of hydrogen-bond donors (Lipinski definition) is 1. The van der Waals surface area contributed by atoms with E-state index in [1.807, 2.05) is 0 Å². The van der Waals surface area contributed by atoms with Crippen LogP contribution in [0.2, 0.25) is 0 Å². The van der Waals surface area contributed by atoms with Crippen LogP contribution < -0.4 is 4.74 Å². The molecule has 0 saturated carbocycles. The van der Waals surface area contributed by atoms with Crippen LogP contribution in [0.3, 0.4) is 0 Å². The molecule has 126 valence electrons. The van der Waals surface area contributed by atoms with Crippen LogP contribution in [0, 0.1) is 5.82 Å². The highest BCUT2D eigenvalue weighted by Crippen LogP contribution is 2.25. The fourth-order valence-corrected chi connectivity index (χ4v) is 2.15. The number of rotatable bonds is 6. The minimum absolute atomic E-state index is 0.0666. The van der Waals surface area contributed by atoms with Crippen LogP contribution in [0.15, 0.2) is 48.7 Å². The third-order valence-corrected chi connectivity index (χ3v) is 3.20. The zero-order valence-corrected chi connectivity index (χ0v) is 13.3. The van der Waals surface area contributed by atoms with Crippen LogP contribution in [0.25, 0.3) is 5.57 Å². The van der Waals surface area contributed by atoms with Gasteiger partial charge in [-0.05, 0) is 11.1 Å². The summed E-state index contributed by atoms with van der Waals surface area (Å²) in [6.45, 7) is 0.0666. The molecule has 0 saturated heterocycles. The predicted molar refractivity (Wildman–Crippen MR) is 85.8 cm³/mol. The molecular weight excluding hydrogens is 315 g/mol. The highest BCUT2D eigenvalue weighted by atomic mass is 19.1. The topological polar surface area (TPSA) is 65.0 Å². The quantitative estimate of drug-likeness (QED) is 0.500. The molecule has 0 aliphatic heterocycles. The summed E-state index contributed by atoms with van der Waals surface area (Å²) >= 11 is 0. The molecule has 0 spiro atoms. The van der Waals surface area contributed by atoms with Gasteiger partial charge in [-0.2, -0.15) is 0 Å². The molecule has 0 unspecified atom stereocenters. The van der Waals surface area contributed by atoms with Gasteiger partial charge in [-0.25, -0.2) is 9.18 Å². The van der Waals surface area contributed by atoms with Gasteiger partial charge in [0.05, 0.1) is 20.5 Å². The van der Waals surface area contributed by atoms with Crippen LogP contribution >= 0.6 is 0 Å². The van der Waals surface area contributed by atoms with Gasteiger partial charge < -0.3 is 19.3 Å². The predicted octanol–water partition coefficient (Wildman–Crippen LogP) is 3.27. The van der Waals surface area contributed by atoms with Gasteiger partial charge in [-0.15, -0.1) is 0 Å². The first kappa shape index (κ1) is 17.3. The molecule has 5 nitrogen and oxygen atoms in total. The van der Waals surface area contributed by atoms with Crippen LogP contribution in [-0.2, 0) is 20.9 Å². The molecule has 0 aliphatic rings. The monoisotopic (exact) mass is 332 g/mol. The van der Waals surface area contributed by atoms with Gasteiger partial charge in [0.1, 0.15) is 29.5 Å². The molecule has 0 aromatic heterocycles. The highest BCUT2D eigenvalue weighted by molar-refractivity contribution is 6.16. The van der Waals surface area contributed by atoms with Crippen LogP contribution in [0.1, 0.15) is 11.1 Å². The number of phenolic OH excluding ortho intramolecular Hbond substituents is 1. The van der Waals surface area contributed by atoms with E-state index in [9.17, 15) is 14.3 Å². The highest BCUT2D eigenvalue weighted by Gasteiger charge is 2.17. The van der Waals surface area contributed by atoms with E-state index in [1.54, 1.807) is 24.3 Å². The largest absolute Gasteiger partial charge is 0.508 e. The number of ether oxygens (including phenoxy) is 3. The van der Waals surface area contributed by atoms with Crippen molar-refractivity contribution in [2.75, 3.05) is 14.2 Å². The Morgan fingerprint density at radius 2 is 1.96 bits per heavy atom. The summed E-state index contributed by atoms with van der Waals surface area (Å²) < 4.78 is 28.5. The van der Waals surface area contributed by atoms with E-state index in [4.69, 9.17) is 14.2 Å². The molecule has 0 bridgehead atoms. The second kappa shape index (κ2) is 8.01. The van der Waals surface area contributed by atoms with Crippen molar-refractivity contribution in [1.82, 2.24) is 0 Å². The number of benzene rings is 2. The molecule has 0 atom stereocenters. The van der Waals surface area contributed by atoms with Crippen molar-refractivity contribution in [3.63, 3.8) is 0 Å². The van der Waals surface area contributed by atoms with Gasteiger partial charge in [0.15, 0.2) is 0 Å². The lowest BCUT2D eigenvalue weighted by Gasteiger charge is -2.13. The van der Waals surface area contributed by atoms with E-state index in [2.05, 4.69) is 0 Å². The van der Waals surface area contributed by atoms with Crippen molar-refractivity contribution in [3.8, 4) is 11.5 Å². The summed E-state index contributed by atoms with van der Waals surface area (Å²) in [6, 6.07) is 10.5. The maximum Gasteiger partial charge on any atom is 0.341 e. The lowest BCUT2D eigenvalue weighted by atomic mass is 10.0. The summed E-state index contributed by atoms with van der Waals surface area (Å²) in [5.74, 6) is -1.20. The molecule has 2 aromatic rings. The zero-order chi connectivity index (χ0) is 17.5. The fourth-order valence-electron chi connectivity index (χ4n) is 2.15. The fraction of sp³-hybridized carbons (Fsp3) is 0.167. The maximum absolute atomic E-state index is 13.3. The number of esters is 1. The van der Waals surface area contributed by atoms with Crippen molar-refractivity contribution < 1.29 is 28.5 Å². The van der Waals surface area contributed by atoms with Gasteiger partial charge in [-0.3, -0.25) is 0 Å². The summed E-state index contributed by atoms with van der Waals surface area (Å²) in [7, 11) is 2.71. The Bertz CT molecular complexity index is 735. The van der Waals surface area contributed by atoms with E-state index in [-0.39, 0.29) is 23.7 Å². The van der Waals surface area contributed by atoms with Crippen molar-refractivity contribution >= 4 is 11.5 Å². The van der Waals surface area contributed by atoms with Gasteiger partial charge in [0.2, 0.25) is 0 Å². The Kier molecular flexibility index (Phi) is 5.78. The minimum Gasteiger partial charge on any atom is -0.508 e. The summed E-state index contributed by atoms with van der Waals surface area (Å²) in [5, 5.41) is 9.40. The van der Waals surface area contributed by atoms with Crippen LogP contribution in [-0.4, -0.2) is 25.3 Å². The summed E-state index contributed by atoms with van der Waals surface area (Å²) in [5.41, 5.74) is 1.49. The first-order valence-corrected chi connectivity index (χ1v) is 7.07. The normalized spacial score (nSPS) is 11.0. The van der Waals surface area contributed by atoms with Crippen molar-refractivity contribution in [2.24, 2.45) is 0 Å². The third-order valence-electron chi connectivity index (χ3n) is 3.20. The Labute approximate surface area is 138 Å². The number of aromatic hydroxyl groups is 1. The third kappa shape index (κ3) is 4.25.